The highest BCUT2D eigenvalue weighted by molar-refractivity contribution is 8.56. The fourth-order valence-corrected chi connectivity index (χ4v) is 1.87. The van der Waals surface area contributed by atoms with Gasteiger partial charge in [-0.25, -0.2) is 9.19 Å². The molecular weight excluding hydrogens is 168 g/mol. The third-order valence-electron chi connectivity index (χ3n) is 1.16. The van der Waals surface area contributed by atoms with Crippen molar-refractivity contribution in [3.63, 3.8) is 0 Å². The quantitative estimate of drug-likeness (QED) is 0.575. The van der Waals surface area contributed by atoms with E-state index >= 15 is 0 Å². The Morgan fingerprint density at radius 2 is 2.18 bits per heavy atom. The van der Waals surface area contributed by atoms with Gasteiger partial charge in [0.15, 0.2) is 0 Å². The van der Waals surface area contributed by atoms with Gasteiger partial charge >= 0.3 is 5.30 Å². The molecule has 1 atom stereocenters. The maximum Gasteiger partial charge on any atom is 0.378 e. The molecule has 0 fully saturated rings. The summed E-state index contributed by atoms with van der Waals surface area (Å²) < 4.78 is 3.54. The highest BCUT2D eigenvalue weighted by Crippen LogP contribution is 2.53. The summed E-state index contributed by atoms with van der Waals surface area (Å²) in [4.78, 5) is 21.2. The van der Waals surface area contributed by atoms with Crippen molar-refractivity contribution in [2.75, 3.05) is 0 Å². The zero-order valence-electron chi connectivity index (χ0n) is 5.43. The number of allylic oxidation sites excluding steroid dienone is 1. The largest absolute Gasteiger partial charge is 0.472 e. The van der Waals surface area contributed by atoms with Gasteiger partial charge in [-0.2, -0.15) is 0 Å². The number of nitrogens with zero attached hydrogens (tertiary/aromatic N) is 1. The van der Waals surface area contributed by atoms with Gasteiger partial charge in [-0.15, -0.1) is 0 Å². The van der Waals surface area contributed by atoms with Crippen LogP contribution in [0.15, 0.2) is 15.9 Å². The lowest BCUT2D eigenvalue weighted by Crippen LogP contribution is -2.20. The summed E-state index contributed by atoms with van der Waals surface area (Å²) in [6, 6.07) is 0. The number of primary amides is 1. The van der Waals surface area contributed by atoms with Gasteiger partial charge in [-0.3, -0.25) is 4.79 Å². The molecule has 60 valence electrons. The predicted molar refractivity (Wildman–Crippen MR) is 42.8 cm³/mol. The van der Waals surface area contributed by atoms with Crippen molar-refractivity contribution in [3.05, 3.63) is 11.5 Å². The van der Waals surface area contributed by atoms with Gasteiger partial charge in [0.05, 0.1) is 10.2 Å². The van der Waals surface area contributed by atoms with Crippen LogP contribution in [0.25, 0.3) is 0 Å². The van der Waals surface area contributed by atoms with Crippen molar-refractivity contribution < 1.29 is 14.7 Å². The lowest BCUT2D eigenvalue weighted by atomic mass is 10.7. The minimum atomic E-state index is -2.75. The zero-order chi connectivity index (χ0) is 8.48. The molecule has 6 heteroatoms. The van der Waals surface area contributed by atoms with Crippen LogP contribution in [0, 0.1) is 0 Å². The molecule has 0 aliphatic carbocycles. The molecule has 0 saturated carbocycles. The highest BCUT2D eigenvalue weighted by Gasteiger charge is 2.37. The molecule has 0 bridgehead atoms. The lowest BCUT2D eigenvalue weighted by molar-refractivity contribution is 0.221. The molecule has 1 rings (SSSR count). The van der Waals surface area contributed by atoms with Crippen LogP contribution in [0.4, 0.5) is 9.59 Å². The maximum atomic E-state index is 10.7. The van der Waals surface area contributed by atoms with Gasteiger partial charge in [0.25, 0.3) is 5.24 Å². The van der Waals surface area contributed by atoms with Crippen molar-refractivity contribution in [3.8, 4) is 0 Å². The first-order valence-corrected chi connectivity index (χ1v) is 4.32. The van der Waals surface area contributed by atoms with E-state index in [2.05, 4.69) is 4.40 Å². The van der Waals surface area contributed by atoms with E-state index < -0.39 is 20.8 Å². The zero-order valence-corrected chi connectivity index (χ0v) is 6.25. The first kappa shape index (κ1) is 7.80. The molecule has 1 unspecified atom stereocenters. The fourth-order valence-electron chi connectivity index (χ4n) is 0.623. The minimum absolute atomic E-state index is 0.894. The van der Waals surface area contributed by atoms with Gasteiger partial charge in [0.2, 0.25) is 0 Å². The molecule has 1 amide bonds. The Morgan fingerprint density at radius 3 is 2.36 bits per heavy atom. The summed E-state index contributed by atoms with van der Waals surface area (Å²) in [5, 5.41) is 7.68. The van der Waals surface area contributed by atoms with E-state index in [4.69, 9.17) is 10.8 Å². The molecule has 5 nitrogen and oxygen atoms in total. The average molecular weight is 174 g/mol. The molecule has 0 saturated heterocycles. The molecular formula is C5H6N2O3S. The van der Waals surface area contributed by atoms with E-state index in [9.17, 15) is 9.59 Å². The molecule has 0 aromatic carbocycles. The van der Waals surface area contributed by atoms with E-state index in [1.54, 1.807) is 0 Å². The second kappa shape index (κ2) is 2.39. The molecule has 11 heavy (non-hydrogen) atoms. The Hall–Kier alpha value is -1.30. The Bertz CT molecular complexity index is 243. The van der Waals surface area contributed by atoms with Gasteiger partial charge in [0, 0.05) is 6.21 Å². The molecule has 1 aliphatic rings. The van der Waals surface area contributed by atoms with Crippen molar-refractivity contribution in [2.45, 2.75) is 0 Å². The van der Waals surface area contributed by atoms with Crippen LogP contribution in [-0.4, -0.2) is 21.9 Å². The van der Waals surface area contributed by atoms with Gasteiger partial charge in [-0.1, -0.05) is 0 Å². The Balaban J connectivity index is 3.09. The summed E-state index contributed by atoms with van der Waals surface area (Å²) in [5.41, 5.74) is 4.89. The van der Waals surface area contributed by atoms with Crippen LogP contribution in [0.3, 0.4) is 0 Å². The Labute approximate surface area is 64.1 Å². The monoisotopic (exact) mass is 174 g/mol. The average Bonchev–Trinajstić information content (AvgIpc) is 2.34. The first-order valence-electron chi connectivity index (χ1n) is 2.67. The van der Waals surface area contributed by atoms with E-state index in [0.29, 0.717) is 0 Å². The molecule has 3 N–H and O–H groups in total. The van der Waals surface area contributed by atoms with E-state index in [-0.39, 0.29) is 0 Å². The van der Waals surface area contributed by atoms with Gasteiger partial charge in [-0.05, 0) is 11.5 Å². The predicted octanol–water partition coefficient (Wildman–Crippen LogP) is 1.06. The Kier molecular flexibility index (Phi) is 1.69. The number of hydrogen-bond donors (Lipinski definition) is 2. The number of rotatable bonds is 0. The molecule has 0 aromatic rings. The molecule has 1 heterocycles. The summed E-state index contributed by atoms with van der Waals surface area (Å²) in [6.07, 6.45) is 2.68. The normalized spacial score (nSPS) is 33.1. The fraction of sp³-hybridized carbons (Fsp3) is 0. The number of amides is 1. The van der Waals surface area contributed by atoms with E-state index in [1.165, 1.54) is 17.7 Å². The second-order valence-electron chi connectivity index (χ2n) is 1.79. The van der Waals surface area contributed by atoms with Crippen LogP contribution < -0.4 is 5.73 Å². The topological polar surface area (TPSA) is 92.8 Å². The van der Waals surface area contributed by atoms with Crippen molar-refractivity contribution in [1.29, 1.82) is 0 Å². The maximum absolute atomic E-state index is 10.7. The van der Waals surface area contributed by atoms with Gasteiger partial charge < -0.3 is 10.8 Å². The van der Waals surface area contributed by atoms with Crippen molar-refractivity contribution in [2.24, 2.45) is 10.1 Å². The van der Waals surface area contributed by atoms with Crippen LogP contribution in [0.5, 0.6) is 0 Å². The summed E-state index contributed by atoms with van der Waals surface area (Å²) >= 11 is 0. The number of carboxylic acid groups (broad SMARTS) is 1. The number of carbonyl (C=O) groups is 2. The number of hydrogen-bond acceptors (Lipinski definition) is 3. The van der Waals surface area contributed by atoms with Crippen molar-refractivity contribution in [1.82, 2.24) is 0 Å². The standard InChI is InChI=1S/C5H6N2O3S/c6-4(8)11(5(9)10)3-1-2-7-11/h1-3H,(H2,6,8)(H,9,10). The van der Waals surface area contributed by atoms with Crippen LogP contribution in [0.1, 0.15) is 0 Å². The molecule has 0 spiro atoms. The lowest BCUT2D eigenvalue weighted by Gasteiger charge is -2.18. The minimum Gasteiger partial charge on any atom is -0.472 e. The van der Waals surface area contributed by atoms with E-state index in [1.807, 2.05) is 0 Å². The number of carbonyl (C=O) groups excluding carboxylic acids is 1. The molecule has 1 aliphatic heterocycles. The molecule has 0 radical (unpaired) electrons. The second-order valence-corrected chi connectivity index (χ2v) is 4.28. The van der Waals surface area contributed by atoms with Crippen molar-refractivity contribution >= 4 is 27.0 Å². The van der Waals surface area contributed by atoms with Crippen LogP contribution in [-0.2, 0) is 0 Å². The summed E-state index contributed by atoms with van der Waals surface area (Å²) in [6.45, 7) is 0. The third-order valence-corrected chi connectivity index (χ3v) is 3.31. The van der Waals surface area contributed by atoms with E-state index in [0.717, 1.165) is 0 Å². The van der Waals surface area contributed by atoms with Gasteiger partial charge in [0.1, 0.15) is 0 Å². The first-order chi connectivity index (χ1) is 5.09. The molecule has 0 aromatic heterocycles. The summed E-state index contributed by atoms with van der Waals surface area (Å²) in [5.74, 6) is 0. The smallest absolute Gasteiger partial charge is 0.378 e. The Morgan fingerprint density at radius 1 is 1.55 bits per heavy atom. The van der Waals surface area contributed by atoms with Crippen LogP contribution >= 0.6 is 10.2 Å². The number of nitrogens with two attached hydrogens (primary N) is 1. The summed E-state index contributed by atoms with van der Waals surface area (Å²) in [7, 11) is -2.75. The highest BCUT2D eigenvalue weighted by atomic mass is 32.3. The third kappa shape index (κ3) is 1.01. The SMILES string of the molecule is NC(=O)S1(C(=O)O)C=CC=N1. The van der Waals surface area contributed by atoms with Crippen LogP contribution in [0.2, 0.25) is 0 Å².